The Hall–Kier alpha value is -0.226. The molecule has 2 saturated heterocycles. The first-order valence-electron chi connectivity index (χ1n) is 24.1. The van der Waals surface area contributed by atoms with Gasteiger partial charge in [-0.05, 0) is 106 Å². The van der Waals surface area contributed by atoms with Crippen LogP contribution in [0.25, 0.3) is 0 Å². The summed E-state index contributed by atoms with van der Waals surface area (Å²) in [7, 11) is 2.22. The number of nitrogens with one attached hydrogen (secondary N) is 1. The summed E-state index contributed by atoms with van der Waals surface area (Å²) in [5.41, 5.74) is 0.158. The normalized spacial score (nSPS) is 23.6. The van der Waals surface area contributed by atoms with Crippen molar-refractivity contribution in [3.63, 3.8) is 0 Å². The van der Waals surface area contributed by atoms with Gasteiger partial charge in [0, 0.05) is 94.8 Å². The SMILES string of the molecule is CN(C)C(=O)[C@H]1CC[C@H]2[C@@H](C1)NS(=O)(=O)N2C(=O)OC(C)(C)C.CN1CCc2nc(C(=O)Cl)sc2C1.CN1CCc2nc(C(=O)N3[C@@H]4C[C@@H](C(=O)N(C)C)CCC4N(C(=O)OC(C)(C)C)S3(=O)=O)sc2C1.Cl.O=CO[O-].[Cs+].[Cs+].[H-]. The van der Waals surface area contributed by atoms with Gasteiger partial charge in [0.05, 0.1) is 29.5 Å². The number of hydrogen-bond donors (Lipinski definition) is 1. The van der Waals surface area contributed by atoms with Crippen molar-refractivity contribution in [3.8, 4) is 0 Å². The number of carbonyl (C=O) groups excluding carboxylic acids is 7. The molecular weight excluding hydrogens is 1390 g/mol. The number of amides is 5. The molecule has 0 bridgehead atoms. The average Bonchev–Trinajstić information content (AvgIpc) is 4.04. The van der Waals surface area contributed by atoms with Crippen molar-refractivity contribution < 1.29 is 209 Å². The molecule has 5 amide bonds. The van der Waals surface area contributed by atoms with Crippen LogP contribution >= 0.6 is 46.7 Å². The number of likely N-dealkylation sites (N-methyl/N-ethyl adjacent to an activating group) is 2. The van der Waals surface area contributed by atoms with E-state index >= 15 is 0 Å². The van der Waals surface area contributed by atoms with E-state index in [-0.39, 0.29) is 194 Å². The van der Waals surface area contributed by atoms with Gasteiger partial charge in [-0.3, -0.25) is 24.0 Å². The monoisotopic (exact) mass is 1450 g/mol. The van der Waals surface area contributed by atoms with Crippen LogP contribution < -0.4 is 148 Å². The zero-order valence-corrected chi connectivity index (χ0v) is 64.0. The quantitative estimate of drug-likeness (QED) is 0.134. The molecule has 1 unspecified atom stereocenters. The molecule has 6 aliphatic rings. The summed E-state index contributed by atoms with van der Waals surface area (Å²) in [5.74, 6) is -1.58. The van der Waals surface area contributed by atoms with Crippen molar-refractivity contribution in [3.05, 3.63) is 31.2 Å². The minimum Gasteiger partial charge on any atom is -1.00 e. The van der Waals surface area contributed by atoms with Crippen molar-refractivity contribution >= 4 is 109 Å². The number of fused-ring (bicyclic) bond motifs is 4. The number of halogens is 2. The van der Waals surface area contributed by atoms with Crippen molar-refractivity contribution in [2.45, 2.75) is 141 Å². The molecule has 2 aromatic rings. The first-order chi connectivity index (χ1) is 34.7. The third-order valence-electron chi connectivity index (χ3n) is 12.7. The second-order valence-corrected chi connectivity index (χ2v) is 27.1. The van der Waals surface area contributed by atoms with Crippen molar-refractivity contribution in [1.29, 1.82) is 0 Å². The molecule has 0 radical (unpaired) electrons. The molecule has 2 saturated carbocycles. The maximum Gasteiger partial charge on any atom is 1.00 e. The Kier molecular flexibility index (Phi) is 29.1. The molecule has 33 heteroatoms. The summed E-state index contributed by atoms with van der Waals surface area (Å²) in [6, 6.07) is -2.62. The second kappa shape index (κ2) is 30.7. The third-order valence-corrected chi connectivity index (χ3v) is 18.5. The van der Waals surface area contributed by atoms with Gasteiger partial charge in [0.2, 0.25) is 11.8 Å². The van der Waals surface area contributed by atoms with Crippen LogP contribution in [0.4, 0.5) is 9.59 Å². The topological polar surface area (TPSA) is 299 Å². The van der Waals surface area contributed by atoms with E-state index in [1.807, 2.05) is 7.05 Å². The van der Waals surface area contributed by atoms with E-state index in [2.05, 4.69) is 36.4 Å². The van der Waals surface area contributed by atoms with Gasteiger partial charge in [-0.25, -0.2) is 23.9 Å². The standard InChI is InChI=1S/C22H33N5O6S2.C14H25N3O5S.C8H9ClN2OS.CH2O3.ClH.2Cs.H/c1-22(2,3)33-21(30)27-15-8-7-13(19(28)24(4)5)11-16(15)26(35(27,31)32)20(29)18-23-14-9-10-25(6)12-17(14)34-18;1-14(2,3)22-13(19)17-11-7-6-9(12(18)16(4)5)8-10(11)15-23(17,20)21;1-11-3-2-5-6(4-11)13-8(10-5)7(9)12;2-1-4-3;;;;/h13,15-16H,7-12H2,1-6H3;9-11,15H,6-8H2,1-5H3;2-4H2,1H3;1,3H;1H;;;/q;;;;;2*+1;-1/p-1/t13-,15?,16+;9-,10+,11-;;;;;;/m00....../s1. The third kappa shape index (κ3) is 18.9. The zero-order valence-electron chi connectivity index (χ0n) is 47.6. The van der Waals surface area contributed by atoms with Gasteiger partial charge in [0.25, 0.3) is 17.6 Å². The number of aromatic nitrogens is 2. The fourth-order valence-electron chi connectivity index (χ4n) is 9.51. The molecule has 8 rings (SSSR count). The van der Waals surface area contributed by atoms with Crippen LogP contribution in [0, 0.1) is 11.8 Å². The molecule has 78 heavy (non-hydrogen) atoms. The van der Waals surface area contributed by atoms with Gasteiger partial charge >= 0.3 is 170 Å². The van der Waals surface area contributed by atoms with Gasteiger partial charge in [0.1, 0.15) is 11.2 Å². The van der Waals surface area contributed by atoms with Crippen LogP contribution in [-0.4, -0.2) is 192 Å². The van der Waals surface area contributed by atoms with Crippen LogP contribution in [0.3, 0.4) is 0 Å². The van der Waals surface area contributed by atoms with Crippen molar-refractivity contribution in [2.75, 3.05) is 55.4 Å². The largest absolute Gasteiger partial charge is 1.00 e. The van der Waals surface area contributed by atoms with Gasteiger partial charge < -0.3 is 40.6 Å². The summed E-state index contributed by atoms with van der Waals surface area (Å²) in [4.78, 5) is 104. The maximum absolute atomic E-state index is 13.7. The predicted molar refractivity (Wildman–Crippen MR) is 281 cm³/mol. The summed E-state index contributed by atoms with van der Waals surface area (Å²) >= 11 is 7.96. The van der Waals surface area contributed by atoms with Crippen LogP contribution in [0.2, 0.25) is 0 Å². The Morgan fingerprint density at radius 1 is 0.705 bits per heavy atom. The smallest absolute Gasteiger partial charge is 1.00 e. The van der Waals surface area contributed by atoms with E-state index in [0.717, 1.165) is 50.9 Å². The van der Waals surface area contributed by atoms with Gasteiger partial charge in [-0.2, -0.15) is 30.2 Å². The van der Waals surface area contributed by atoms with E-state index in [0.29, 0.717) is 48.0 Å². The molecule has 0 spiro atoms. The molecule has 2 aliphatic carbocycles. The number of ether oxygens (including phenoxy) is 2. The molecule has 0 aromatic carbocycles. The zero-order chi connectivity index (χ0) is 56.3. The van der Waals surface area contributed by atoms with E-state index in [4.69, 9.17) is 31.1 Å². The number of rotatable bonds is 5. The molecule has 4 fully saturated rings. The predicted octanol–water partition coefficient (Wildman–Crippen LogP) is -3.12. The van der Waals surface area contributed by atoms with Gasteiger partial charge in [0.15, 0.2) is 10.0 Å². The van der Waals surface area contributed by atoms with E-state index < -0.39 is 85.0 Å². The van der Waals surface area contributed by atoms with Crippen LogP contribution in [0.5, 0.6) is 0 Å². The summed E-state index contributed by atoms with van der Waals surface area (Å²) in [5, 5.41) is 8.50. The molecule has 25 nitrogen and oxygen atoms in total. The molecule has 6 heterocycles. The van der Waals surface area contributed by atoms with E-state index in [1.54, 1.807) is 69.7 Å². The molecule has 2 aromatic heterocycles. The Bertz CT molecular complexity index is 2720. The first kappa shape index (κ1) is 73.9. The van der Waals surface area contributed by atoms with Gasteiger partial charge in [-0.15, -0.1) is 35.1 Å². The molecule has 1 N–H and O–H groups in total. The van der Waals surface area contributed by atoms with E-state index in [9.17, 15) is 45.6 Å². The van der Waals surface area contributed by atoms with Crippen molar-refractivity contribution in [1.82, 2.24) is 47.2 Å². The Morgan fingerprint density at radius 3 is 1.56 bits per heavy atom. The summed E-state index contributed by atoms with van der Waals surface area (Å²) < 4.78 is 67.4. The Labute approximate surface area is 595 Å². The van der Waals surface area contributed by atoms with Crippen LogP contribution in [-0.2, 0) is 75.1 Å². The van der Waals surface area contributed by atoms with Crippen molar-refractivity contribution in [2.24, 2.45) is 11.8 Å². The molecule has 6 atom stereocenters. The average molecular weight is 1460 g/mol. The van der Waals surface area contributed by atoms with Crippen LogP contribution in [0.1, 0.15) is 122 Å². The number of hydrogen-bond acceptors (Lipinski definition) is 21. The molecule has 430 valence electrons. The first-order valence-corrected chi connectivity index (χ1v) is 28.9. The molecular formula is C45H70Cl2Cs2N10O15S4. The van der Waals surface area contributed by atoms with E-state index in [1.165, 1.54) is 37.4 Å². The fraction of sp³-hybridized carbons (Fsp3) is 0.711. The Balaban J connectivity index is 0.000000610. The number of thiazole rings is 2. The second-order valence-electron chi connectivity index (χ2n) is 21.3. The molecule has 4 aliphatic heterocycles. The van der Waals surface area contributed by atoms with Crippen LogP contribution in [0.15, 0.2) is 0 Å². The fourth-order valence-corrected chi connectivity index (χ4v) is 15.3. The van der Waals surface area contributed by atoms with Gasteiger partial charge in [-0.1, -0.05) is 0 Å². The summed E-state index contributed by atoms with van der Waals surface area (Å²) in [6.07, 6.45) is 1.91. The minimum atomic E-state index is -4.54. The number of carbonyl (C=O) groups is 7. The summed E-state index contributed by atoms with van der Waals surface area (Å²) in [6.45, 7) is 13.2. The minimum absolute atomic E-state index is 0. The number of nitrogens with zero attached hydrogens (tertiary/aromatic N) is 9. The Morgan fingerprint density at radius 2 is 1.13 bits per heavy atom. The maximum atomic E-state index is 13.7.